The van der Waals surface area contributed by atoms with Crippen LogP contribution in [-0.4, -0.2) is 26.4 Å². The summed E-state index contributed by atoms with van der Waals surface area (Å²) in [5.74, 6) is 4.60. The molecule has 0 saturated heterocycles. The second-order valence-corrected chi connectivity index (χ2v) is 7.40. The number of para-hydroxylation sites is 8. The number of benzene rings is 4. The van der Waals surface area contributed by atoms with E-state index in [1.165, 1.54) is 0 Å². The van der Waals surface area contributed by atoms with E-state index in [1.54, 1.807) is 0 Å². The van der Waals surface area contributed by atoms with Gasteiger partial charge in [0.1, 0.15) is 13.2 Å². The van der Waals surface area contributed by atoms with Crippen LogP contribution in [0.25, 0.3) is 0 Å². The summed E-state index contributed by atoms with van der Waals surface area (Å²) in [5.41, 5.74) is 0. The zero-order valence-corrected chi connectivity index (χ0v) is 18.5. The Balaban J connectivity index is 1.51. The number of rotatable bonds is 0. The second kappa shape index (κ2) is 10.6. The van der Waals surface area contributed by atoms with Crippen LogP contribution in [0.15, 0.2) is 97.1 Å². The van der Waals surface area contributed by atoms with Crippen molar-refractivity contribution in [3.63, 3.8) is 0 Å². The largest absolute Gasteiger partial charge is 0.487 e. The van der Waals surface area contributed by atoms with E-state index < -0.39 is 0 Å². The van der Waals surface area contributed by atoms with Gasteiger partial charge in [0.25, 0.3) is 0 Å². The van der Waals surface area contributed by atoms with Gasteiger partial charge in [0.2, 0.25) is 0 Å². The Morgan fingerprint density at radius 1 is 0.324 bits per heavy atom. The Hall–Kier alpha value is -4.16. The summed E-state index contributed by atoms with van der Waals surface area (Å²) in [6, 6.07) is 30.0. The van der Waals surface area contributed by atoms with Crippen molar-refractivity contribution in [1.82, 2.24) is 0 Å². The molecule has 4 aromatic carbocycles. The molecular weight excluding hydrogens is 432 g/mol. The molecule has 0 spiro atoms. The predicted octanol–water partition coefficient (Wildman–Crippen LogP) is 6.85. The highest BCUT2D eigenvalue weighted by Gasteiger charge is 2.15. The number of hydrogen-bond donors (Lipinski definition) is 0. The van der Waals surface area contributed by atoms with Crippen LogP contribution in [0.3, 0.4) is 0 Å². The van der Waals surface area contributed by atoms with Crippen molar-refractivity contribution in [3.05, 3.63) is 97.1 Å². The van der Waals surface area contributed by atoms with Crippen LogP contribution in [0.1, 0.15) is 0 Å². The molecule has 1 aliphatic rings. The first-order valence-corrected chi connectivity index (χ1v) is 11.1. The van der Waals surface area contributed by atoms with Gasteiger partial charge in [0.05, 0.1) is 13.2 Å². The van der Waals surface area contributed by atoms with Gasteiger partial charge in [-0.25, -0.2) is 0 Å². The maximum absolute atomic E-state index is 6.27. The van der Waals surface area contributed by atoms with Gasteiger partial charge in [0, 0.05) is 0 Å². The maximum Gasteiger partial charge on any atom is 0.170 e. The summed E-state index contributed by atoms with van der Waals surface area (Å²) in [7, 11) is 0. The summed E-state index contributed by atoms with van der Waals surface area (Å²) in [6.07, 6.45) is 0. The lowest BCUT2D eigenvalue weighted by Gasteiger charge is -2.18. The van der Waals surface area contributed by atoms with Crippen LogP contribution in [0.5, 0.6) is 46.0 Å². The summed E-state index contributed by atoms with van der Waals surface area (Å²) >= 11 is 0. The normalized spacial score (nSPS) is 13.9. The maximum atomic E-state index is 6.27. The Morgan fingerprint density at radius 2 is 0.588 bits per heavy atom. The van der Waals surface area contributed by atoms with Crippen LogP contribution in [0.4, 0.5) is 0 Å². The molecule has 4 aromatic rings. The molecule has 34 heavy (non-hydrogen) atoms. The highest BCUT2D eigenvalue weighted by molar-refractivity contribution is 5.52. The van der Waals surface area contributed by atoms with Crippen LogP contribution in [0, 0.1) is 0 Å². The fraction of sp³-hybridized carbons (Fsp3) is 0.143. The number of fused-ring (bicyclic) bond motifs is 4. The first-order chi connectivity index (χ1) is 16.9. The van der Waals surface area contributed by atoms with Crippen LogP contribution in [0.2, 0.25) is 0 Å². The predicted molar refractivity (Wildman–Crippen MR) is 128 cm³/mol. The summed E-state index contributed by atoms with van der Waals surface area (Å²) in [5, 5.41) is 0. The molecule has 0 aromatic heterocycles. The lowest BCUT2D eigenvalue weighted by Crippen LogP contribution is -2.12. The SMILES string of the molecule is c1ccc2c(c1)OCCOCCOc1ccccc1Oc1ccccc1Oc1ccccc1O2. The molecule has 0 amide bonds. The Labute approximate surface area is 198 Å². The van der Waals surface area contributed by atoms with Crippen molar-refractivity contribution in [1.29, 1.82) is 0 Å². The second-order valence-electron chi connectivity index (χ2n) is 7.40. The van der Waals surface area contributed by atoms with Gasteiger partial charge in [-0.05, 0) is 48.5 Å². The molecule has 0 saturated carbocycles. The molecule has 0 atom stereocenters. The molecule has 5 rings (SSSR count). The third-order valence-electron chi connectivity index (χ3n) is 5.03. The van der Waals surface area contributed by atoms with Crippen molar-refractivity contribution < 1.29 is 28.4 Å². The molecule has 0 aliphatic carbocycles. The molecule has 0 unspecified atom stereocenters. The van der Waals surface area contributed by atoms with Gasteiger partial charge < -0.3 is 28.4 Å². The van der Waals surface area contributed by atoms with Crippen molar-refractivity contribution >= 4 is 0 Å². The van der Waals surface area contributed by atoms with E-state index in [0.717, 1.165) is 0 Å². The molecule has 1 heterocycles. The minimum atomic E-state index is 0.381. The molecule has 0 radical (unpaired) electrons. The molecule has 1 aliphatic heterocycles. The fourth-order valence-electron chi connectivity index (χ4n) is 3.42. The molecule has 6 nitrogen and oxygen atoms in total. The minimum Gasteiger partial charge on any atom is -0.487 e. The van der Waals surface area contributed by atoms with Crippen molar-refractivity contribution in [2.75, 3.05) is 26.4 Å². The van der Waals surface area contributed by atoms with Crippen LogP contribution < -0.4 is 23.7 Å². The summed E-state index contributed by atoms with van der Waals surface area (Å²) < 4.78 is 36.2. The molecule has 172 valence electrons. The van der Waals surface area contributed by atoms with Gasteiger partial charge in [-0.15, -0.1) is 0 Å². The topological polar surface area (TPSA) is 55.4 Å². The van der Waals surface area contributed by atoms with Gasteiger partial charge in [-0.2, -0.15) is 0 Å². The minimum absolute atomic E-state index is 0.381. The van der Waals surface area contributed by atoms with Crippen molar-refractivity contribution in [2.24, 2.45) is 0 Å². The van der Waals surface area contributed by atoms with Crippen LogP contribution >= 0.6 is 0 Å². The summed E-state index contributed by atoms with van der Waals surface area (Å²) in [4.78, 5) is 0. The lowest BCUT2D eigenvalue weighted by molar-refractivity contribution is 0.0753. The van der Waals surface area contributed by atoms with E-state index in [-0.39, 0.29) is 0 Å². The van der Waals surface area contributed by atoms with Gasteiger partial charge >= 0.3 is 0 Å². The van der Waals surface area contributed by atoms with Gasteiger partial charge in [-0.3, -0.25) is 0 Å². The average Bonchev–Trinajstić information content (AvgIpc) is 2.87. The highest BCUT2D eigenvalue weighted by atomic mass is 16.6. The van der Waals surface area contributed by atoms with Crippen LogP contribution in [-0.2, 0) is 4.74 Å². The number of ether oxygens (including phenoxy) is 6. The van der Waals surface area contributed by atoms with Gasteiger partial charge in [-0.1, -0.05) is 48.5 Å². The van der Waals surface area contributed by atoms with Crippen molar-refractivity contribution in [3.8, 4) is 46.0 Å². The quantitative estimate of drug-likeness (QED) is 0.288. The first-order valence-electron chi connectivity index (χ1n) is 11.1. The van der Waals surface area contributed by atoms with E-state index in [2.05, 4.69) is 0 Å². The number of hydrogen-bond acceptors (Lipinski definition) is 6. The van der Waals surface area contributed by atoms with E-state index in [0.29, 0.717) is 72.4 Å². The highest BCUT2D eigenvalue weighted by Crippen LogP contribution is 2.42. The third-order valence-corrected chi connectivity index (χ3v) is 5.03. The first kappa shape index (κ1) is 21.7. The zero-order valence-electron chi connectivity index (χ0n) is 18.5. The fourth-order valence-corrected chi connectivity index (χ4v) is 3.42. The Bertz CT molecular complexity index is 1140. The van der Waals surface area contributed by atoms with E-state index in [4.69, 9.17) is 28.4 Å². The Kier molecular flexibility index (Phi) is 6.78. The standard InChI is InChI=1S/C28H24O6/c1-3-11-23-21(9-1)30-19-17-29-18-20-31-22-10-2-4-12-24(22)33-26-14-6-8-16-28(26)34-27-15-7-5-13-25(27)32-23/h1-16H,17-20H2. The third kappa shape index (κ3) is 5.24. The molecular formula is C28H24O6. The molecule has 6 heteroatoms. The van der Waals surface area contributed by atoms with Crippen molar-refractivity contribution in [2.45, 2.75) is 0 Å². The molecule has 0 N–H and O–H groups in total. The van der Waals surface area contributed by atoms with E-state index >= 15 is 0 Å². The van der Waals surface area contributed by atoms with Gasteiger partial charge in [0.15, 0.2) is 46.0 Å². The summed E-state index contributed by atoms with van der Waals surface area (Å²) in [6.45, 7) is 1.60. The Morgan fingerprint density at radius 3 is 0.912 bits per heavy atom. The van der Waals surface area contributed by atoms with E-state index in [1.807, 2.05) is 97.1 Å². The average molecular weight is 456 g/mol. The smallest absolute Gasteiger partial charge is 0.170 e. The zero-order chi connectivity index (χ0) is 23.0. The lowest BCUT2D eigenvalue weighted by atomic mass is 10.2. The van der Waals surface area contributed by atoms with E-state index in [9.17, 15) is 0 Å². The monoisotopic (exact) mass is 456 g/mol. The molecule has 0 bridgehead atoms. The molecule has 0 fully saturated rings.